The number of benzene rings is 1. The van der Waals surface area contributed by atoms with E-state index in [4.69, 9.17) is 23.2 Å². The van der Waals surface area contributed by atoms with Gasteiger partial charge in [-0.05, 0) is 24.6 Å². The molecule has 1 amide bonds. The quantitative estimate of drug-likeness (QED) is 0.820. The summed E-state index contributed by atoms with van der Waals surface area (Å²) < 4.78 is 25.6. The Morgan fingerprint density at radius 2 is 2.00 bits per heavy atom. The maximum Gasteiger partial charge on any atom is 0.223 e. The molecule has 5 nitrogen and oxygen atoms in total. The van der Waals surface area contributed by atoms with Crippen molar-refractivity contribution < 1.29 is 13.2 Å². The first-order chi connectivity index (χ1) is 9.76. The number of hydrogen-bond donors (Lipinski definition) is 1. The summed E-state index contributed by atoms with van der Waals surface area (Å²) in [4.78, 5) is 13.1. The van der Waals surface area contributed by atoms with Gasteiger partial charge in [0.1, 0.15) is 0 Å². The summed E-state index contributed by atoms with van der Waals surface area (Å²) in [6.45, 7) is 3.50. The zero-order chi connectivity index (χ0) is 16.0. The second kappa shape index (κ2) is 7.98. The number of nitrogens with zero attached hydrogens (tertiary/aromatic N) is 1. The third-order valence-electron chi connectivity index (χ3n) is 2.71. The molecule has 0 radical (unpaired) electrons. The molecule has 118 valence electrons. The van der Waals surface area contributed by atoms with Crippen LogP contribution in [-0.4, -0.2) is 33.2 Å². The normalized spacial score (nSPS) is 11.4. The van der Waals surface area contributed by atoms with Gasteiger partial charge in [-0.25, -0.2) is 13.1 Å². The summed E-state index contributed by atoms with van der Waals surface area (Å²) in [5.74, 6) is -0.164. The van der Waals surface area contributed by atoms with Crippen LogP contribution in [0.2, 0.25) is 10.0 Å². The Morgan fingerprint density at radius 1 is 1.33 bits per heavy atom. The number of amides is 1. The SMILES string of the molecule is CCCS(=O)(=O)NCCN(C(C)=O)c1ccc(Cl)cc1Cl. The molecule has 1 aromatic carbocycles. The van der Waals surface area contributed by atoms with Gasteiger partial charge in [0.15, 0.2) is 0 Å². The molecule has 0 fully saturated rings. The molecule has 0 aliphatic heterocycles. The predicted octanol–water partition coefficient (Wildman–Crippen LogP) is 2.68. The van der Waals surface area contributed by atoms with Crippen molar-refractivity contribution in [3.8, 4) is 0 Å². The Balaban J connectivity index is 2.78. The Labute approximate surface area is 135 Å². The fourth-order valence-electron chi connectivity index (χ4n) is 1.80. The lowest BCUT2D eigenvalue weighted by Crippen LogP contribution is -2.38. The van der Waals surface area contributed by atoms with Crippen LogP contribution in [0.3, 0.4) is 0 Å². The van der Waals surface area contributed by atoms with E-state index in [0.717, 1.165) is 0 Å². The highest BCUT2D eigenvalue weighted by atomic mass is 35.5. The first-order valence-electron chi connectivity index (χ1n) is 6.47. The van der Waals surface area contributed by atoms with Crippen LogP contribution in [0.4, 0.5) is 5.69 Å². The van der Waals surface area contributed by atoms with Gasteiger partial charge < -0.3 is 4.90 Å². The number of anilines is 1. The lowest BCUT2D eigenvalue weighted by Gasteiger charge is -2.22. The van der Waals surface area contributed by atoms with Crippen LogP contribution in [0.5, 0.6) is 0 Å². The summed E-state index contributed by atoms with van der Waals surface area (Å²) in [5, 5.41) is 0.810. The molecule has 0 atom stereocenters. The number of carbonyl (C=O) groups is 1. The second-order valence-electron chi connectivity index (χ2n) is 4.48. The topological polar surface area (TPSA) is 66.5 Å². The third-order valence-corrected chi connectivity index (χ3v) is 4.84. The van der Waals surface area contributed by atoms with Gasteiger partial charge in [-0.2, -0.15) is 0 Å². The van der Waals surface area contributed by atoms with E-state index in [-0.39, 0.29) is 24.7 Å². The minimum atomic E-state index is -3.29. The maximum atomic E-state index is 11.7. The van der Waals surface area contributed by atoms with Crippen molar-refractivity contribution in [3.05, 3.63) is 28.2 Å². The van der Waals surface area contributed by atoms with Crippen molar-refractivity contribution >= 4 is 44.8 Å². The number of carbonyl (C=O) groups excluding carboxylic acids is 1. The molecule has 1 aromatic rings. The van der Waals surface area contributed by atoms with E-state index in [1.54, 1.807) is 19.1 Å². The van der Waals surface area contributed by atoms with E-state index in [1.165, 1.54) is 17.9 Å². The molecule has 0 aromatic heterocycles. The maximum absolute atomic E-state index is 11.7. The van der Waals surface area contributed by atoms with E-state index < -0.39 is 10.0 Å². The predicted molar refractivity (Wildman–Crippen MR) is 86.6 cm³/mol. The monoisotopic (exact) mass is 352 g/mol. The zero-order valence-electron chi connectivity index (χ0n) is 11.9. The van der Waals surface area contributed by atoms with Crippen molar-refractivity contribution in [1.82, 2.24) is 4.72 Å². The second-order valence-corrected chi connectivity index (χ2v) is 7.25. The van der Waals surface area contributed by atoms with Crippen LogP contribution in [0, 0.1) is 0 Å². The Bertz CT molecular complexity index is 605. The zero-order valence-corrected chi connectivity index (χ0v) is 14.2. The number of hydrogen-bond acceptors (Lipinski definition) is 3. The van der Waals surface area contributed by atoms with Crippen LogP contribution >= 0.6 is 23.2 Å². The van der Waals surface area contributed by atoms with Crippen LogP contribution in [-0.2, 0) is 14.8 Å². The Hall–Kier alpha value is -0.820. The highest BCUT2D eigenvalue weighted by Gasteiger charge is 2.16. The highest BCUT2D eigenvalue weighted by Crippen LogP contribution is 2.28. The molecular weight excluding hydrogens is 335 g/mol. The van der Waals surface area contributed by atoms with E-state index >= 15 is 0 Å². The lowest BCUT2D eigenvalue weighted by atomic mass is 10.2. The number of rotatable bonds is 7. The van der Waals surface area contributed by atoms with Gasteiger partial charge in [-0.15, -0.1) is 0 Å². The average Bonchev–Trinajstić information content (AvgIpc) is 2.35. The Kier molecular flexibility index (Phi) is 6.93. The van der Waals surface area contributed by atoms with Gasteiger partial charge >= 0.3 is 0 Å². The van der Waals surface area contributed by atoms with Crippen LogP contribution in [0.1, 0.15) is 20.3 Å². The molecule has 0 unspecified atom stereocenters. The van der Waals surface area contributed by atoms with Crippen molar-refractivity contribution in [2.45, 2.75) is 20.3 Å². The molecule has 0 aliphatic rings. The molecule has 21 heavy (non-hydrogen) atoms. The smallest absolute Gasteiger partial charge is 0.223 e. The Morgan fingerprint density at radius 3 is 2.52 bits per heavy atom. The third kappa shape index (κ3) is 5.82. The molecular formula is C13H18Cl2N2O3S. The molecule has 0 saturated carbocycles. The van der Waals surface area contributed by atoms with Crippen LogP contribution in [0.25, 0.3) is 0 Å². The van der Waals surface area contributed by atoms with Gasteiger partial charge in [0.05, 0.1) is 16.5 Å². The molecule has 0 aliphatic carbocycles. The van der Waals surface area contributed by atoms with Crippen LogP contribution in [0.15, 0.2) is 18.2 Å². The number of halogens is 2. The van der Waals surface area contributed by atoms with E-state index in [2.05, 4.69) is 4.72 Å². The van der Waals surface area contributed by atoms with Gasteiger partial charge in [0, 0.05) is 25.0 Å². The first kappa shape index (κ1) is 18.2. The van der Waals surface area contributed by atoms with Crippen molar-refractivity contribution in [1.29, 1.82) is 0 Å². The number of sulfonamides is 1. The standard InChI is InChI=1S/C13H18Cl2N2O3S/c1-3-8-21(19,20)16-6-7-17(10(2)18)13-5-4-11(14)9-12(13)15/h4-5,9,16H,3,6-8H2,1-2H3. The first-order valence-corrected chi connectivity index (χ1v) is 8.88. The van der Waals surface area contributed by atoms with Gasteiger partial charge in [-0.3, -0.25) is 4.79 Å². The molecule has 1 rings (SSSR count). The summed E-state index contributed by atoms with van der Waals surface area (Å²) in [6, 6.07) is 4.79. The molecule has 0 bridgehead atoms. The molecule has 1 N–H and O–H groups in total. The minimum Gasteiger partial charge on any atom is -0.310 e. The fourth-order valence-corrected chi connectivity index (χ4v) is 3.40. The molecule has 0 heterocycles. The average molecular weight is 353 g/mol. The summed E-state index contributed by atoms with van der Waals surface area (Å²) in [7, 11) is -3.29. The van der Waals surface area contributed by atoms with E-state index in [0.29, 0.717) is 22.2 Å². The minimum absolute atomic E-state index is 0.0643. The summed E-state index contributed by atoms with van der Waals surface area (Å²) >= 11 is 11.9. The summed E-state index contributed by atoms with van der Waals surface area (Å²) in [5.41, 5.74) is 0.503. The largest absolute Gasteiger partial charge is 0.310 e. The molecule has 0 spiro atoms. The van der Waals surface area contributed by atoms with E-state index in [9.17, 15) is 13.2 Å². The van der Waals surface area contributed by atoms with Gasteiger partial charge in [0.25, 0.3) is 0 Å². The fraction of sp³-hybridized carbons (Fsp3) is 0.462. The number of nitrogens with one attached hydrogen (secondary N) is 1. The lowest BCUT2D eigenvalue weighted by molar-refractivity contribution is -0.116. The van der Waals surface area contributed by atoms with Crippen molar-refractivity contribution in [2.24, 2.45) is 0 Å². The van der Waals surface area contributed by atoms with E-state index in [1.807, 2.05) is 0 Å². The molecule has 0 saturated heterocycles. The van der Waals surface area contributed by atoms with Crippen molar-refractivity contribution in [2.75, 3.05) is 23.7 Å². The van der Waals surface area contributed by atoms with Crippen LogP contribution < -0.4 is 9.62 Å². The van der Waals surface area contributed by atoms with Gasteiger partial charge in [0.2, 0.25) is 15.9 Å². The van der Waals surface area contributed by atoms with Gasteiger partial charge in [-0.1, -0.05) is 30.1 Å². The highest BCUT2D eigenvalue weighted by molar-refractivity contribution is 7.89. The summed E-state index contributed by atoms with van der Waals surface area (Å²) in [6.07, 6.45) is 0.536. The molecule has 8 heteroatoms. The van der Waals surface area contributed by atoms with Crippen molar-refractivity contribution in [3.63, 3.8) is 0 Å².